The van der Waals surface area contributed by atoms with Gasteiger partial charge in [0.2, 0.25) is 0 Å². The lowest BCUT2D eigenvalue weighted by atomic mass is 9.79. The van der Waals surface area contributed by atoms with Gasteiger partial charge in [0.25, 0.3) is 0 Å². The molecular formula is C9H12O4. The van der Waals surface area contributed by atoms with E-state index in [0.717, 1.165) is 6.42 Å². The molecule has 4 heteroatoms. The van der Waals surface area contributed by atoms with Crippen molar-refractivity contribution in [3.8, 4) is 0 Å². The quantitative estimate of drug-likeness (QED) is 0.394. The summed E-state index contributed by atoms with van der Waals surface area (Å²) < 4.78 is 4.48. The number of ether oxygens (including phenoxy) is 1. The third-order valence-corrected chi connectivity index (χ3v) is 2.28. The molecule has 1 N–H and O–H groups in total. The number of aliphatic carboxylic acids is 1. The van der Waals surface area contributed by atoms with Gasteiger partial charge in [0.15, 0.2) is 5.41 Å². The number of rotatable bonds is 2. The second-order valence-electron chi connectivity index (χ2n) is 3.06. The lowest BCUT2D eigenvalue weighted by Gasteiger charge is -2.25. The van der Waals surface area contributed by atoms with Gasteiger partial charge in [-0.25, -0.2) is 0 Å². The monoisotopic (exact) mass is 184 g/mol. The topological polar surface area (TPSA) is 63.6 Å². The van der Waals surface area contributed by atoms with E-state index in [1.54, 1.807) is 6.08 Å². The Morgan fingerprint density at radius 2 is 2.23 bits per heavy atom. The van der Waals surface area contributed by atoms with Gasteiger partial charge in [-0.2, -0.15) is 0 Å². The first-order valence-electron chi connectivity index (χ1n) is 4.13. The summed E-state index contributed by atoms with van der Waals surface area (Å²) in [6, 6.07) is 0. The Balaban J connectivity index is 2.99. The van der Waals surface area contributed by atoms with Crippen LogP contribution in [0.3, 0.4) is 0 Å². The number of hydrogen-bond donors (Lipinski definition) is 1. The Morgan fingerprint density at radius 3 is 2.62 bits per heavy atom. The average molecular weight is 184 g/mol. The molecule has 0 heterocycles. The molecule has 0 bridgehead atoms. The van der Waals surface area contributed by atoms with Crippen LogP contribution < -0.4 is 0 Å². The first-order chi connectivity index (χ1) is 6.13. The highest BCUT2D eigenvalue weighted by molar-refractivity contribution is 6.01. The normalized spacial score (nSPS) is 26.8. The summed E-state index contributed by atoms with van der Waals surface area (Å²) in [5.41, 5.74) is -1.44. The van der Waals surface area contributed by atoms with Crippen LogP contribution in [0.1, 0.15) is 19.3 Å². The summed E-state index contributed by atoms with van der Waals surface area (Å²) >= 11 is 0. The van der Waals surface area contributed by atoms with Gasteiger partial charge in [0, 0.05) is 0 Å². The van der Waals surface area contributed by atoms with Crippen molar-refractivity contribution in [3.63, 3.8) is 0 Å². The molecule has 0 aromatic heterocycles. The van der Waals surface area contributed by atoms with Crippen LogP contribution in [-0.4, -0.2) is 24.2 Å². The maximum Gasteiger partial charge on any atom is 0.327 e. The molecule has 0 spiro atoms. The van der Waals surface area contributed by atoms with E-state index in [-0.39, 0.29) is 0 Å². The van der Waals surface area contributed by atoms with E-state index in [9.17, 15) is 9.59 Å². The number of esters is 1. The van der Waals surface area contributed by atoms with E-state index in [1.807, 2.05) is 0 Å². The standard InChI is InChI=1S/C9H12O4/c1-13-8(12)9(7(10)11)5-3-2-4-6-9/h3,5H,2,4,6H2,1H3,(H,10,11). The highest BCUT2D eigenvalue weighted by Gasteiger charge is 2.45. The van der Waals surface area contributed by atoms with Crippen LogP contribution in [0.15, 0.2) is 12.2 Å². The van der Waals surface area contributed by atoms with Crippen LogP contribution >= 0.6 is 0 Å². The van der Waals surface area contributed by atoms with Gasteiger partial charge in [-0.1, -0.05) is 12.2 Å². The van der Waals surface area contributed by atoms with Gasteiger partial charge in [-0.3, -0.25) is 9.59 Å². The van der Waals surface area contributed by atoms with Crippen LogP contribution in [-0.2, 0) is 14.3 Å². The minimum absolute atomic E-state index is 0.325. The number of carboxylic acids is 1. The van der Waals surface area contributed by atoms with E-state index in [4.69, 9.17) is 5.11 Å². The molecule has 1 unspecified atom stereocenters. The molecule has 1 aliphatic rings. The molecule has 0 aliphatic heterocycles. The molecule has 1 rings (SSSR count). The maximum absolute atomic E-state index is 11.3. The fourth-order valence-corrected chi connectivity index (χ4v) is 1.48. The molecule has 0 fully saturated rings. The van der Waals surface area contributed by atoms with Crippen LogP contribution in [0.25, 0.3) is 0 Å². The molecule has 0 saturated heterocycles. The predicted molar refractivity (Wildman–Crippen MR) is 45.1 cm³/mol. The molecule has 72 valence electrons. The van der Waals surface area contributed by atoms with Gasteiger partial charge in [-0.15, -0.1) is 0 Å². The van der Waals surface area contributed by atoms with Crippen molar-refractivity contribution in [2.45, 2.75) is 19.3 Å². The SMILES string of the molecule is COC(=O)C1(C(=O)O)C=CCCC1. The van der Waals surface area contributed by atoms with E-state index in [2.05, 4.69) is 4.74 Å². The largest absolute Gasteiger partial charge is 0.480 e. The molecule has 1 aliphatic carbocycles. The number of hydrogen-bond acceptors (Lipinski definition) is 3. The Kier molecular flexibility index (Phi) is 2.70. The molecule has 0 saturated carbocycles. The zero-order chi connectivity index (χ0) is 9.90. The molecule has 0 aromatic carbocycles. The van der Waals surface area contributed by atoms with Gasteiger partial charge >= 0.3 is 11.9 Å². The Labute approximate surface area is 76.2 Å². The van der Waals surface area contributed by atoms with Crippen LogP contribution in [0.5, 0.6) is 0 Å². The summed E-state index contributed by atoms with van der Waals surface area (Å²) in [6.07, 6.45) is 5.01. The summed E-state index contributed by atoms with van der Waals surface area (Å²) in [7, 11) is 1.20. The lowest BCUT2D eigenvalue weighted by molar-refractivity contribution is -0.163. The van der Waals surface area contributed by atoms with Crippen LogP contribution in [0.4, 0.5) is 0 Å². The van der Waals surface area contributed by atoms with E-state index in [0.29, 0.717) is 12.8 Å². The van der Waals surface area contributed by atoms with Crippen LogP contribution in [0, 0.1) is 5.41 Å². The number of carbonyl (C=O) groups is 2. The third-order valence-electron chi connectivity index (χ3n) is 2.28. The smallest absolute Gasteiger partial charge is 0.327 e. The van der Waals surface area contributed by atoms with Crippen molar-refractivity contribution in [3.05, 3.63) is 12.2 Å². The van der Waals surface area contributed by atoms with Crippen molar-refractivity contribution in [1.29, 1.82) is 0 Å². The maximum atomic E-state index is 11.3. The van der Waals surface area contributed by atoms with Crippen molar-refractivity contribution in [1.82, 2.24) is 0 Å². The second-order valence-corrected chi connectivity index (χ2v) is 3.06. The number of allylic oxidation sites excluding steroid dienone is 1. The predicted octanol–water partition coefficient (Wildman–Crippen LogP) is 0.970. The van der Waals surface area contributed by atoms with Gasteiger partial charge < -0.3 is 9.84 Å². The van der Waals surface area contributed by atoms with Crippen molar-refractivity contribution in [2.24, 2.45) is 5.41 Å². The van der Waals surface area contributed by atoms with Crippen molar-refractivity contribution >= 4 is 11.9 Å². The second kappa shape index (κ2) is 3.60. The zero-order valence-corrected chi connectivity index (χ0v) is 7.45. The van der Waals surface area contributed by atoms with Gasteiger partial charge in [0.1, 0.15) is 0 Å². The molecule has 13 heavy (non-hydrogen) atoms. The average Bonchev–Trinajstić information content (AvgIpc) is 2.17. The zero-order valence-electron chi connectivity index (χ0n) is 7.45. The highest BCUT2D eigenvalue weighted by atomic mass is 16.5. The fraction of sp³-hybridized carbons (Fsp3) is 0.556. The highest BCUT2D eigenvalue weighted by Crippen LogP contribution is 2.32. The van der Waals surface area contributed by atoms with Gasteiger partial charge in [0.05, 0.1) is 7.11 Å². The first-order valence-corrected chi connectivity index (χ1v) is 4.13. The number of carbonyl (C=O) groups excluding carboxylic acids is 1. The summed E-state index contributed by atoms with van der Waals surface area (Å²) in [5, 5.41) is 8.94. The van der Waals surface area contributed by atoms with E-state index >= 15 is 0 Å². The van der Waals surface area contributed by atoms with Crippen LogP contribution in [0.2, 0.25) is 0 Å². The molecule has 4 nitrogen and oxygen atoms in total. The van der Waals surface area contributed by atoms with Gasteiger partial charge in [-0.05, 0) is 19.3 Å². The molecule has 0 aromatic rings. The minimum atomic E-state index is -1.44. The lowest BCUT2D eigenvalue weighted by Crippen LogP contribution is -2.39. The first kappa shape index (κ1) is 9.77. The number of carboxylic acid groups (broad SMARTS) is 1. The Morgan fingerprint density at radius 1 is 1.54 bits per heavy atom. The Hall–Kier alpha value is -1.32. The van der Waals surface area contributed by atoms with E-state index < -0.39 is 17.4 Å². The molecular weight excluding hydrogens is 172 g/mol. The molecule has 1 atom stereocenters. The van der Waals surface area contributed by atoms with E-state index in [1.165, 1.54) is 13.2 Å². The summed E-state index contributed by atoms with van der Waals surface area (Å²) in [5.74, 6) is -1.81. The van der Waals surface area contributed by atoms with Crippen molar-refractivity contribution < 1.29 is 19.4 Å². The number of methoxy groups -OCH3 is 1. The minimum Gasteiger partial charge on any atom is -0.480 e. The Bertz CT molecular complexity index is 256. The molecule has 0 amide bonds. The fourth-order valence-electron chi connectivity index (χ4n) is 1.48. The van der Waals surface area contributed by atoms with Crippen molar-refractivity contribution in [2.75, 3.05) is 7.11 Å². The third kappa shape index (κ3) is 1.56. The summed E-state index contributed by atoms with van der Waals surface area (Å²) in [4.78, 5) is 22.2. The molecule has 0 radical (unpaired) electrons. The summed E-state index contributed by atoms with van der Waals surface area (Å²) in [6.45, 7) is 0.